The maximum absolute atomic E-state index is 6.84. The van der Waals surface area contributed by atoms with E-state index in [9.17, 15) is 0 Å². The van der Waals surface area contributed by atoms with E-state index >= 15 is 0 Å². The number of fused-ring (bicyclic) bond motifs is 13. The van der Waals surface area contributed by atoms with Crippen molar-refractivity contribution in [2.24, 2.45) is 0 Å². The number of allylic oxidation sites excluding steroid dienone is 5. The molecular weight excluding hydrogens is 599 g/mol. The highest BCUT2D eigenvalue weighted by Gasteiger charge is 2.29. The second-order valence-corrected chi connectivity index (χ2v) is 12.6. The van der Waals surface area contributed by atoms with Gasteiger partial charge in [-0.1, -0.05) is 146 Å². The van der Waals surface area contributed by atoms with E-state index in [1.54, 1.807) is 0 Å². The summed E-state index contributed by atoms with van der Waals surface area (Å²) in [6, 6.07) is 44.4. The van der Waals surface area contributed by atoms with Gasteiger partial charge in [0.1, 0.15) is 11.3 Å². The Labute approximate surface area is 282 Å². The molecule has 230 valence electrons. The molecule has 1 aliphatic carbocycles. The van der Waals surface area contributed by atoms with E-state index in [0.29, 0.717) is 12.4 Å². The van der Waals surface area contributed by atoms with Gasteiger partial charge in [0, 0.05) is 38.2 Å². The quantitative estimate of drug-likeness (QED) is 0.179. The molecule has 0 unspecified atom stereocenters. The summed E-state index contributed by atoms with van der Waals surface area (Å²) in [7, 11) is 0. The van der Waals surface area contributed by atoms with Gasteiger partial charge in [0.05, 0.1) is 16.7 Å². The first-order valence-corrected chi connectivity index (χ1v) is 16.6. The molecular formula is C45H29N3O. The lowest BCUT2D eigenvalue weighted by Gasteiger charge is -2.17. The van der Waals surface area contributed by atoms with Crippen LogP contribution in [0.15, 0.2) is 163 Å². The van der Waals surface area contributed by atoms with Gasteiger partial charge in [-0.25, -0.2) is 9.97 Å². The average molecular weight is 628 g/mol. The summed E-state index contributed by atoms with van der Waals surface area (Å²) >= 11 is 0. The number of hydrogen-bond donors (Lipinski definition) is 0. The number of aromatic nitrogens is 3. The van der Waals surface area contributed by atoms with Gasteiger partial charge in [0.25, 0.3) is 0 Å². The summed E-state index contributed by atoms with van der Waals surface area (Å²) in [4.78, 5) is 11.1. The Morgan fingerprint density at radius 2 is 1.27 bits per heavy atom. The summed E-state index contributed by atoms with van der Waals surface area (Å²) < 4.78 is 9.04. The molecule has 0 radical (unpaired) electrons. The van der Waals surface area contributed by atoms with Crippen molar-refractivity contribution in [1.82, 2.24) is 14.5 Å². The Balaban J connectivity index is 1.42. The van der Waals surface area contributed by atoms with E-state index in [4.69, 9.17) is 14.4 Å². The summed E-state index contributed by atoms with van der Waals surface area (Å²) in [5.74, 6) is 1.39. The second-order valence-electron chi connectivity index (χ2n) is 12.6. The molecule has 1 aliphatic rings. The molecule has 0 atom stereocenters. The fourth-order valence-corrected chi connectivity index (χ4v) is 7.66. The first-order valence-electron chi connectivity index (χ1n) is 16.6. The zero-order valence-electron chi connectivity index (χ0n) is 26.6. The lowest BCUT2D eigenvalue weighted by atomic mass is 9.94. The van der Waals surface area contributed by atoms with Crippen LogP contribution in [0.4, 0.5) is 0 Å². The third kappa shape index (κ3) is 4.11. The average Bonchev–Trinajstić information content (AvgIpc) is 3.70. The van der Waals surface area contributed by atoms with Crippen molar-refractivity contribution in [3.8, 4) is 28.7 Å². The largest absolute Gasteiger partial charge is 0.454 e. The van der Waals surface area contributed by atoms with E-state index in [1.807, 2.05) is 18.2 Å². The lowest BCUT2D eigenvalue weighted by Crippen LogP contribution is -2.06. The molecule has 9 aromatic rings. The molecule has 0 amide bonds. The molecule has 0 saturated carbocycles. The fraction of sp³-hybridized carbons (Fsp3) is 0.0222. The van der Waals surface area contributed by atoms with Crippen molar-refractivity contribution in [3.05, 3.63) is 169 Å². The van der Waals surface area contributed by atoms with E-state index in [-0.39, 0.29) is 0 Å². The Morgan fingerprint density at radius 1 is 0.612 bits per heavy atom. The molecule has 0 saturated heterocycles. The number of benzene rings is 6. The van der Waals surface area contributed by atoms with Gasteiger partial charge >= 0.3 is 0 Å². The first-order chi connectivity index (χ1) is 24.3. The van der Waals surface area contributed by atoms with Crippen LogP contribution < -0.4 is 0 Å². The Kier molecular flexibility index (Phi) is 6.06. The van der Waals surface area contributed by atoms with E-state index in [0.717, 1.165) is 83.0 Å². The van der Waals surface area contributed by atoms with Crippen molar-refractivity contribution < 1.29 is 4.42 Å². The van der Waals surface area contributed by atoms with Gasteiger partial charge in [-0.3, -0.25) is 4.57 Å². The van der Waals surface area contributed by atoms with Gasteiger partial charge in [-0.05, 0) is 40.3 Å². The number of para-hydroxylation sites is 2. The first kappa shape index (κ1) is 27.6. The summed E-state index contributed by atoms with van der Waals surface area (Å²) in [6.45, 7) is 4.59. The van der Waals surface area contributed by atoms with Crippen LogP contribution in [0.2, 0.25) is 0 Å². The summed E-state index contributed by atoms with van der Waals surface area (Å²) in [5.41, 5.74) is 8.61. The molecule has 0 bridgehead atoms. The predicted molar refractivity (Wildman–Crippen MR) is 203 cm³/mol. The number of hydrogen-bond acceptors (Lipinski definition) is 3. The van der Waals surface area contributed by atoms with Crippen LogP contribution in [-0.4, -0.2) is 14.5 Å². The van der Waals surface area contributed by atoms with Crippen molar-refractivity contribution in [1.29, 1.82) is 0 Å². The SMILES string of the molecule is C=C1/C=C\C=C/Cc2c(oc3ccccc23)-c2c1c1ccccc1n2-c1nc(-c2ccccc2)c2c3ccccc3c3ccccc3c2n1. The normalized spacial score (nSPS) is 14.4. The molecule has 0 fully saturated rings. The van der Waals surface area contributed by atoms with Gasteiger partial charge in [0.2, 0.25) is 5.95 Å². The summed E-state index contributed by atoms with van der Waals surface area (Å²) in [5, 5.41) is 7.78. The van der Waals surface area contributed by atoms with Crippen LogP contribution in [0.25, 0.3) is 88.6 Å². The molecule has 6 aromatic carbocycles. The highest BCUT2D eigenvalue weighted by atomic mass is 16.3. The van der Waals surface area contributed by atoms with Crippen LogP contribution in [0.1, 0.15) is 11.1 Å². The monoisotopic (exact) mass is 627 g/mol. The van der Waals surface area contributed by atoms with E-state index in [1.165, 1.54) is 10.8 Å². The molecule has 4 nitrogen and oxygen atoms in total. The Morgan fingerprint density at radius 3 is 2.08 bits per heavy atom. The Bertz CT molecular complexity index is 2870. The standard InChI is InChI=1S/C45H29N3O/c1-28-16-4-2-7-24-35-32-21-13-15-27-38(32)49-44(35)43-39(28)36-25-12-14-26-37(36)48(43)45-46-41(29-17-5-3-6-18-29)40-33-22-10-8-19-30(33)31-20-9-11-23-34(31)42(40)47-45/h2-23,25-27H,1,24H2/b7-2-,16-4-. The highest BCUT2D eigenvalue weighted by molar-refractivity contribution is 6.27. The second kappa shape index (κ2) is 10.8. The van der Waals surface area contributed by atoms with E-state index < -0.39 is 0 Å². The Hall–Kier alpha value is -6.52. The molecule has 4 heteroatoms. The van der Waals surface area contributed by atoms with Crippen LogP contribution in [0.3, 0.4) is 0 Å². The third-order valence-corrected chi connectivity index (χ3v) is 9.79. The lowest BCUT2D eigenvalue weighted by molar-refractivity contribution is 0.623. The molecule has 3 heterocycles. The predicted octanol–water partition coefficient (Wildman–Crippen LogP) is 11.6. The van der Waals surface area contributed by atoms with E-state index in [2.05, 4.69) is 145 Å². The minimum Gasteiger partial charge on any atom is -0.454 e. The summed E-state index contributed by atoms with van der Waals surface area (Å²) in [6.07, 6.45) is 9.14. The van der Waals surface area contributed by atoms with Gasteiger partial charge in [0.15, 0.2) is 5.76 Å². The van der Waals surface area contributed by atoms with Gasteiger partial charge in [-0.2, -0.15) is 0 Å². The highest BCUT2D eigenvalue weighted by Crippen LogP contribution is 2.46. The molecule has 0 aliphatic heterocycles. The number of furan rings is 1. The van der Waals surface area contributed by atoms with Crippen molar-refractivity contribution in [2.45, 2.75) is 6.42 Å². The van der Waals surface area contributed by atoms with Crippen LogP contribution in [0, 0.1) is 0 Å². The van der Waals surface area contributed by atoms with Gasteiger partial charge in [-0.15, -0.1) is 0 Å². The third-order valence-electron chi connectivity index (χ3n) is 9.79. The maximum Gasteiger partial charge on any atom is 0.235 e. The minimum atomic E-state index is 0.583. The fourth-order valence-electron chi connectivity index (χ4n) is 7.66. The molecule has 0 spiro atoms. The molecule has 3 aromatic heterocycles. The van der Waals surface area contributed by atoms with Crippen LogP contribution in [-0.2, 0) is 6.42 Å². The topological polar surface area (TPSA) is 43.9 Å². The zero-order valence-corrected chi connectivity index (χ0v) is 26.6. The van der Waals surface area contributed by atoms with Crippen LogP contribution >= 0.6 is 0 Å². The maximum atomic E-state index is 6.84. The van der Waals surface area contributed by atoms with Crippen molar-refractivity contribution >= 4 is 59.9 Å². The molecule has 0 N–H and O–H groups in total. The number of nitrogens with zero attached hydrogens (tertiary/aromatic N) is 3. The minimum absolute atomic E-state index is 0.583. The molecule has 10 rings (SSSR count). The zero-order chi connectivity index (χ0) is 32.5. The van der Waals surface area contributed by atoms with Crippen molar-refractivity contribution in [2.75, 3.05) is 0 Å². The smallest absolute Gasteiger partial charge is 0.235 e. The molecule has 49 heavy (non-hydrogen) atoms. The van der Waals surface area contributed by atoms with Crippen molar-refractivity contribution in [3.63, 3.8) is 0 Å². The number of rotatable bonds is 2. The van der Waals surface area contributed by atoms with Crippen LogP contribution in [0.5, 0.6) is 0 Å². The van der Waals surface area contributed by atoms with Gasteiger partial charge < -0.3 is 4.42 Å².